The molecule has 0 spiro atoms. The van der Waals surface area contributed by atoms with Crippen molar-refractivity contribution in [3.05, 3.63) is 70.8 Å². The second-order valence-corrected chi connectivity index (χ2v) is 8.52. The van der Waals surface area contributed by atoms with Crippen molar-refractivity contribution in [3.63, 3.8) is 0 Å². The Labute approximate surface area is 195 Å². The van der Waals surface area contributed by atoms with E-state index >= 15 is 0 Å². The zero-order valence-corrected chi connectivity index (χ0v) is 18.7. The van der Waals surface area contributed by atoms with Crippen molar-refractivity contribution >= 4 is 17.2 Å². The van der Waals surface area contributed by atoms with E-state index in [4.69, 9.17) is 5.73 Å². The number of nitrogens with zero attached hydrogens (tertiary/aromatic N) is 6. The Morgan fingerprint density at radius 1 is 1.15 bits per heavy atom. The van der Waals surface area contributed by atoms with E-state index in [0.29, 0.717) is 61.3 Å². The highest BCUT2D eigenvalue weighted by molar-refractivity contribution is 5.76. The van der Waals surface area contributed by atoms with Crippen molar-refractivity contribution in [2.45, 2.75) is 38.0 Å². The molecule has 3 N–H and O–H groups in total. The number of H-pyrrole nitrogens is 1. The van der Waals surface area contributed by atoms with Crippen LogP contribution in [0.25, 0.3) is 16.9 Å². The van der Waals surface area contributed by atoms with Crippen LogP contribution in [-0.4, -0.2) is 53.4 Å². The van der Waals surface area contributed by atoms with E-state index in [0.717, 1.165) is 24.0 Å². The van der Waals surface area contributed by atoms with Crippen molar-refractivity contribution in [2.24, 2.45) is 0 Å². The van der Waals surface area contributed by atoms with Crippen LogP contribution < -0.4 is 11.3 Å². The van der Waals surface area contributed by atoms with Gasteiger partial charge in [-0.2, -0.15) is 5.10 Å². The minimum Gasteiger partial charge on any atom is -0.383 e. The third-order valence-electron chi connectivity index (χ3n) is 6.32. The number of hydrogen-bond acceptors (Lipinski definition) is 7. The van der Waals surface area contributed by atoms with Gasteiger partial charge in [-0.25, -0.2) is 19.5 Å². The number of piperidine rings is 1. The molecule has 1 saturated heterocycles. The van der Waals surface area contributed by atoms with Crippen LogP contribution in [0.15, 0.2) is 53.8 Å². The molecule has 0 saturated carbocycles. The van der Waals surface area contributed by atoms with E-state index in [1.54, 1.807) is 41.3 Å². The Balaban J connectivity index is 1.15. The normalized spacial score (nSPS) is 14.5. The Morgan fingerprint density at radius 2 is 1.94 bits per heavy atom. The van der Waals surface area contributed by atoms with E-state index in [-0.39, 0.29) is 11.5 Å². The third kappa shape index (κ3) is 4.52. The average molecular weight is 459 g/mol. The molecule has 174 valence electrons. The quantitative estimate of drug-likeness (QED) is 0.452. The molecule has 34 heavy (non-hydrogen) atoms. The van der Waals surface area contributed by atoms with Crippen molar-refractivity contribution < 1.29 is 4.79 Å². The summed E-state index contributed by atoms with van der Waals surface area (Å²) in [6.07, 6.45) is 10.3. The number of fused-ring (bicyclic) bond motifs is 1. The van der Waals surface area contributed by atoms with Gasteiger partial charge in [0.2, 0.25) is 5.91 Å². The number of aromatic amines is 1. The van der Waals surface area contributed by atoms with Gasteiger partial charge >= 0.3 is 0 Å². The van der Waals surface area contributed by atoms with E-state index in [1.807, 2.05) is 17.2 Å². The summed E-state index contributed by atoms with van der Waals surface area (Å²) in [5, 5.41) is 4.40. The van der Waals surface area contributed by atoms with Crippen LogP contribution in [-0.2, 0) is 11.2 Å². The fourth-order valence-corrected chi connectivity index (χ4v) is 4.46. The lowest BCUT2D eigenvalue weighted by Gasteiger charge is -2.32. The van der Waals surface area contributed by atoms with Crippen LogP contribution in [0.1, 0.15) is 43.0 Å². The minimum absolute atomic E-state index is 0.136. The summed E-state index contributed by atoms with van der Waals surface area (Å²) < 4.78 is 1.57. The van der Waals surface area contributed by atoms with Gasteiger partial charge in [0.1, 0.15) is 17.2 Å². The smallest absolute Gasteiger partial charge is 0.275 e. The molecule has 1 fully saturated rings. The number of carbonyl (C=O) groups is 1. The number of amides is 1. The largest absolute Gasteiger partial charge is 0.383 e. The first-order chi connectivity index (χ1) is 16.6. The second-order valence-electron chi connectivity index (χ2n) is 8.52. The molecule has 0 bridgehead atoms. The first-order valence-corrected chi connectivity index (χ1v) is 11.5. The van der Waals surface area contributed by atoms with Gasteiger partial charge in [-0.15, -0.1) is 0 Å². The number of nitrogen functional groups attached to an aromatic ring is 1. The van der Waals surface area contributed by atoms with E-state index in [2.05, 4.69) is 25.0 Å². The highest BCUT2D eigenvalue weighted by atomic mass is 16.2. The fraction of sp³-hybridized carbons (Fsp3) is 0.333. The number of hydrogen-bond donors (Lipinski definition) is 2. The van der Waals surface area contributed by atoms with Crippen molar-refractivity contribution in [1.29, 1.82) is 0 Å². The summed E-state index contributed by atoms with van der Waals surface area (Å²) in [6, 6.07) is 7.29. The fourth-order valence-electron chi connectivity index (χ4n) is 4.46. The number of likely N-dealkylation sites (tertiary alicyclic amines) is 1. The highest BCUT2D eigenvalue weighted by Crippen LogP contribution is 2.31. The number of nitrogens with two attached hydrogens (primary N) is 1. The first kappa shape index (κ1) is 21.7. The molecule has 5 heterocycles. The number of carbonyl (C=O) groups excluding carboxylic acids is 1. The van der Waals surface area contributed by atoms with Gasteiger partial charge in [0, 0.05) is 50.7 Å². The maximum atomic E-state index is 12.7. The van der Waals surface area contributed by atoms with Crippen LogP contribution in [0.4, 0.5) is 5.82 Å². The van der Waals surface area contributed by atoms with Gasteiger partial charge in [0.05, 0.1) is 5.56 Å². The van der Waals surface area contributed by atoms with Gasteiger partial charge in [-0.3, -0.25) is 9.59 Å². The molecular formula is C24H26N8O2. The number of rotatable bonds is 6. The van der Waals surface area contributed by atoms with Gasteiger partial charge in [0.15, 0.2) is 5.82 Å². The summed E-state index contributed by atoms with van der Waals surface area (Å²) in [4.78, 5) is 42.5. The number of nitrogens with one attached hydrogen (secondary N) is 1. The predicted molar refractivity (Wildman–Crippen MR) is 127 cm³/mol. The standard InChI is InChI=1S/C24H26N8O2/c25-22-18(23-26-9-3-10-27-23)14-17(15-28-22)16-7-12-31(13-8-16)21(33)6-1-5-20-29-24(34)19-4-2-11-32(19)30-20/h2-4,9-11,14-16H,1,5-8,12-13H2,(H2,25,28)(H,29,30,34). The molecule has 0 aliphatic carbocycles. The Morgan fingerprint density at radius 3 is 2.74 bits per heavy atom. The van der Waals surface area contributed by atoms with Crippen LogP contribution in [0.3, 0.4) is 0 Å². The number of aryl methyl sites for hydroxylation is 1. The molecule has 4 aromatic rings. The molecule has 10 heteroatoms. The molecule has 1 amide bonds. The minimum atomic E-state index is -0.164. The number of anilines is 1. The average Bonchev–Trinajstić information content (AvgIpc) is 3.34. The molecule has 5 rings (SSSR count). The highest BCUT2D eigenvalue weighted by Gasteiger charge is 2.24. The lowest BCUT2D eigenvalue weighted by atomic mass is 9.89. The molecule has 0 aromatic carbocycles. The molecule has 1 aliphatic rings. The van der Waals surface area contributed by atoms with Crippen LogP contribution >= 0.6 is 0 Å². The monoisotopic (exact) mass is 458 g/mol. The van der Waals surface area contributed by atoms with Crippen molar-refractivity contribution in [2.75, 3.05) is 18.8 Å². The Hall–Kier alpha value is -4.08. The topological polar surface area (TPSA) is 135 Å². The molecule has 4 aromatic heterocycles. The van der Waals surface area contributed by atoms with Gasteiger partial charge in [-0.1, -0.05) is 0 Å². The summed E-state index contributed by atoms with van der Waals surface area (Å²) >= 11 is 0. The summed E-state index contributed by atoms with van der Waals surface area (Å²) in [6.45, 7) is 1.41. The number of pyridine rings is 1. The van der Waals surface area contributed by atoms with E-state index in [9.17, 15) is 9.59 Å². The summed E-state index contributed by atoms with van der Waals surface area (Å²) in [7, 11) is 0. The number of aromatic nitrogens is 6. The molecular weight excluding hydrogens is 432 g/mol. The van der Waals surface area contributed by atoms with Crippen molar-refractivity contribution in [1.82, 2.24) is 34.4 Å². The van der Waals surface area contributed by atoms with Crippen LogP contribution in [0, 0.1) is 0 Å². The Bertz CT molecular complexity index is 1360. The molecule has 10 nitrogen and oxygen atoms in total. The Kier molecular flexibility index (Phi) is 6.03. The lowest BCUT2D eigenvalue weighted by Crippen LogP contribution is -2.37. The second kappa shape index (κ2) is 9.42. The van der Waals surface area contributed by atoms with Crippen molar-refractivity contribution in [3.8, 4) is 11.4 Å². The molecule has 0 unspecified atom stereocenters. The van der Waals surface area contributed by atoms with E-state index < -0.39 is 0 Å². The molecule has 1 aliphatic heterocycles. The third-order valence-corrected chi connectivity index (χ3v) is 6.32. The SMILES string of the molecule is Nc1ncc(C2CCN(C(=O)CCCc3nn4cccc4c(=O)[nH]3)CC2)cc1-c1ncccn1. The zero-order chi connectivity index (χ0) is 23.5. The lowest BCUT2D eigenvalue weighted by molar-refractivity contribution is -0.132. The van der Waals surface area contributed by atoms with Gasteiger partial charge in [-0.05, 0) is 55.0 Å². The van der Waals surface area contributed by atoms with Crippen LogP contribution in [0.5, 0.6) is 0 Å². The van der Waals surface area contributed by atoms with E-state index in [1.165, 1.54) is 0 Å². The maximum absolute atomic E-state index is 12.7. The molecule has 0 atom stereocenters. The summed E-state index contributed by atoms with van der Waals surface area (Å²) in [5.41, 5.74) is 8.25. The zero-order valence-electron chi connectivity index (χ0n) is 18.7. The summed E-state index contributed by atoms with van der Waals surface area (Å²) in [5.74, 6) is 2.01. The van der Waals surface area contributed by atoms with Gasteiger partial charge < -0.3 is 15.6 Å². The van der Waals surface area contributed by atoms with Gasteiger partial charge in [0.25, 0.3) is 5.56 Å². The maximum Gasteiger partial charge on any atom is 0.275 e. The predicted octanol–water partition coefficient (Wildman–Crippen LogP) is 2.19. The molecule has 0 radical (unpaired) electrons. The van der Waals surface area contributed by atoms with Crippen LogP contribution in [0.2, 0.25) is 0 Å². The first-order valence-electron chi connectivity index (χ1n) is 11.5.